The van der Waals surface area contributed by atoms with Gasteiger partial charge in [-0.05, 0) is 12.8 Å². The van der Waals surface area contributed by atoms with Gasteiger partial charge in [-0.15, -0.1) is 0 Å². The molecule has 0 atom stereocenters. The molecule has 0 spiro atoms. The maximum absolute atomic E-state index is 11.1. The first-order chi connectivity index (χ1) is 7.27. The lowest BCUT2D eigenvalue weighted by atomic mass is 9.81. The molecule has 1 aromatic heterocycles. The van der Waals surface area contributed by atoms with E-state index in [1.165, 1.54) is 19.3 Å². The normalized spacial score (nSPS) is 20.1. The molecule has 1 aliphatic carbocycles. The highest BCUT2D eigenvalue weighted by atomic mass is 16.1. The van der Waals surface area contributed by atoms with Crippen LogP contribution in [0.2, 0.25) is 0 Å². The monoisotopic (exact) mass is 206 g/mol. The summed E-state index contributed by atoms with van der Waals surface area (Å²) < 4.78 is 2.13. The minimum absolute atomic E-state index is 0.0615. The third-order valence-electron chi connectivity index (χ3n) is 3.51. The third kappa shape index (κ3) is 1.97. The third-order valence-corrected chi connectivity index (χ3v) is 3.51. The number of hydrogen-bond donors (Lipinski definition) is 1. The number of aromatic nitrogens is 1. The molecule has 2 rings (SSSR count). The van der Waals surface area contributed by atoms with Gasteiger partial charge in [0.1, 0.15) is 0 Å². The predicted molar refractivity (Wildman–Crippen MR) is 60.8 cm³/mol. The smallest absolute Gasteiger partial charge is 0.181 e. The molecule has 3 nitrogen and oxygen atoms in total. The lowest BCUT2D eigenvalue weighted by Crippen LogP contribution is -2.42. The predicted octanol–water partition coefficient (Wildman–Crippen LogP) is 1.47. The highest BCUT2D eigenvalue weighted by Crippen LogP contribution is 2.33. The molecule has 1 aliphatic rings. The summed E-state index contributed by atoms with van der Waals surface area (Å²) in [6, 6.07) is 3.23. The Labute approximate surface area is 89.9 Å². The van der Waals surface area contributed by atoms with E-state index in [0.29, 0.717) is 6.54 Å². The lowest BCUT2D eigenvalue weighted by Gasteiger charge is -2.38. The molecule has 1 saturated carbocycles. The van der Waals surface area contributed by atoms with Crippen LogP contribution in [0.25, 0.3) is 0 Å². The van der Waals surface area contributed by atoms with Crippen molar-refractivity contribution in [2.75, 3.05) is 6.54 Å². The molecule has 0 bridgehead atoms. The summed E-state index contributed by atoms with van der Waals surface area (Å²) in [5.74, 6) is 0. The van der Waals surface area contributed by atoms with Crippen molar-refractivity contribution in [1.82, 2.24) is 4.57 Å². The first-order valence-corrected chi connectivity index (χ1v) is 5.66. The van der Waals surface area contributed by atoms with Gasteiger partial charge in [0.15, 0.2) is 5.43 Å². The van der Waals surface area contributed by atoms with Crippen LogP contribution in [-0.4, -0.2) is 11.1 Å². The van der Waals surface area contributed by atoms with Gasteiger partial charge in [-0.1, -0.05) is 19.3 Å². The van der Waals surface area contributed by atoms with Gasteiger partial charge in [0.2, 0.25) is 0 Å². The zero-order valence-electron chi connectivity index (χ0n) is 8.98. The maximum Gasteiger partial charge on any atom is 0.181 e. The van der Waals surface area contributed by atoms with Gasteiger partial charge in [0.25, 0.3) is 0 Å². The van der Waals surface area contributed by atoms with Crippen LogP contribution in [0.1, 0.15) is 32.1 Å². The van der Waals surface area contributed by atoms with E-state index in [4.69, 9.17) is 5.73 Å². The summed E-state index contributed by atoms with van der Waals surface area (Å²) in [4.78, 5) is 11.1. The van der Waals surface area contributed by atoms with Crippen molar-refractivity contribution in [1.29, 1.82) is 0 Å². The summed E-state index contributed by atoms with van der Waals surface area (Å²) in [6.45, 7) is 0.663. The Kier molecular flexibility index (Phi) is 2.91. The second kappa shape index (κ2) is 4.19. The van der Waals surface area contributed by atoms with E-state index in [9.17, 15) is 4.79 Å². The molecule has 1 heterocycles. The van der Waals surface area contributed by atoms with Crippen LogP contribution in [0, 0.1) is 0 Å². The van der Waals surface area contributed by atoms with Crippen LogP contribution >= 0.6 is 0 Å². The molecule has 82 valence electrons. The van der Waals surface area contributed by atoms with E-state index in [-0.39, 0.29) is 11.0 Å². The molecule has 0 aromatic carbocycles. The molecular formula is C12H18N2O. The number of rotatable bonds is 2. The molecule has 0 unspecified atom stereocenters. The first kappa shape index (κ1) is 10.4. The van der Waals surface area contributed by atoms with Gasteiger partial charge >= 0.3 is 0 Å². The van der Waals surface area contributed by atoms with Crippen molar-refractivity contribution in [3.8, 4) is 0 Å². The number of nitrogens with zero attached hydrogens (tertiary/aromatic N) is 1. The average Bonchev–Trinajstić information content (AvgIpc) is 2.31. The standard InChI is InChI=1S/C12H18N2O/c13-10-12(6-2-1-3-7-12)14-8-4-11(15)5-9-14/h4-5,8-9H,1-3,6-7,10,13H2. The summed E-state index contributed by atoms with van der Waals surface area (Å²) >= 11 is 0. The lowest BCUT2D eigenvalue weighted by molar-refractivity contribution is 0.201. The number of pyridine rings is 1. The fourth-order valence-corrected chi connectivity index (χ4v) is 2.51. The summed E-state index contributed by atoms with van der Waals surface area (Å²) in [5.41, 5.74) is 6.03. The Hall–Kier alpha value is -1.09. The maximum atomic E-state index is 11.1. The molecular weight excluding hydrogens is 188 g/mol. The highest BCUT2D eigenvalue weighted by molar-refractivity contribution is 5.01. The first-order valence-electron chi connectivity index (χ1n) is 5.66. The topological polar surface area (TPSA) is 48.0 Å². The van der Waals surface area contributed by atoms with Crippen LogP contribution in [-0.2, 0) is 5.54 Å². The number of hydrogen-bond acceptors (Lipinski definition) is 2. The molecule has 0 aliphatic heterocycles. The van der Waals surface area contributed by atoms with E-state index in [0.717, 1.165) is 12.8 Å². The summed E-state index contributed by atoms with van der Waals surface area (Å²) in [5, 5.41) is 0. The zero-order valence-corrected chi connectivity index (χ0v) is 8.98. The van der Waals surface area contributed by atoms with Crippen molar-refractivity contribution in [3.05, 3.63) is 34.7 Å². The molecule has 15 heavy (non-hydrogen) atoms. The Morgan fingerprint density at radius 1 is 1.20 bits per heavy atom. The van der Waals surface area contributed by atoms with Crippen LogP contribution in [0.15, 0.2) is 29.3 Å². The van der Waals surface area contributed by atoms with E-state index in [2.05, 4.69) is 4.57 Å². The van der Waals surface area contributed by atoms with Gasteiger partial charge in [-0.3, -0.25) is 4.79 Å². The molecule has 1 aromatic rings. The second-order valence-electron chi connectivity index (χ2n) is 4.43. The Balaban J connectivity index is 2.32. The van der Waals surface area contributed by atoms with E-state index < -0.39 is 0 Å². The zero-order chi connectivity index (χ0) is 10.7. The largest absolute Gasteiger partial charge is 0.347 e. The Morgan fingerprint density at radius 2 is 1.80 bits per heavy atom. The fourth-order valence-electron chi connectivity index (χ4n) is 2.51. The average molecular weight is 206 g/mol. The van der Waals surface area contributed by atoms with Crippen molar-refractivity contribution in [2.24, 2.45) is 5.73 Å². The van der Waals surface area contributed by atoms with Crippen molar-refractivity contribution >= 4 is 0 Å². The molecule has 2 N–H and O–H groups in total. The van der Waals surface area contributed by atoms with Crippen molar-refractivity contribution in [3.63, 3.8) is 0 Å². The Morgan fingerprint density at radius 3 is 2.33 bits per heavy atom. The summed E-state index contributed by atoms with van der Waals surface area (Å²) in [6.07, 6.45) is 9.80. The summed E-state index contributed by atoms with van der Waals surface area (Å²) in [7, 11) is 0. The molecule has 0 saturated heterocycles. The van der Waals surface area contributed by atoms with Gasteiger partial charge in [-0.25, -0.2) is 0 Å². The van der Waals surface area contributed by atoms with Gasteiger partial charge in [0, 0.05) is 31.1 Å². The molecule has 1 fully saturated rings. The van der Waals surface area contributed by atoms with E-state index in [1.807, 2.05) is 12.4 Å². The minimum atomic E-state index is 0.0615. The second-order valence-corrected chi connectivity index (χ2v) is 4.43. The van der Waals surface area contributed by atoms with Crippen LogP contribution in [0.5, 0.6) is 0 Å². The van der Waals surface area contributed by atoms with Crippen LogP contribution < -0.4 is 11.2 Å². The van der Waals surface area contributed by atoms with E-state index in [1.54, 1.807) is 12.1 Å². The highest BCUT2D eigenvalue weighted by Gasteiger charge is 2.31. The molecule has 3 heteroatoms. The van der Waals surface area contributed by atoms with Crippen LogP contribution in [0.3, 0.4) is 0 Å². The van der Waals surface area contributed by atoms with Crippen molar-refractivity contribution < 1.29 is 0 Å². The quantitative estimate of drug-likeness (QED) is 0.796. The molecule has 0 radical (unpaired) electrons. The van der Waals surface area contributed by atoms with Crippen LogP contribution in [0.4, 0.5) is 0 Å². The minimum Gasteiger partial charge on any atom is -0.347 e. The van der Waals surface area contributed by atoms with Crippen molar-refractivity contribution in [2.45, 2.75) is 37.6 Å². The van der Waals surface area contributed by atoms with E-state index >= 15 is 0 Å². The Bertz CT molecular complexity index is 357. The molecule has 0 amide bonds. The SMILES string of the molecule is NCC1(n2ccc(=O)cc2)CCCCC1. The van der Waals surface area contributed by atoms with Gasteiger partial charge in [-0.2, -0.15) is 0 Å². The number of nitrogens with two attached hydrogens (primary N) is 1. The van der Waals surface area contributed by atoms with Gasteiger partial charge in [0.05, 0.1) is 5.54 Å². The van der Waals surface area contributed by atoms with Gasteiger partial charge < -0.3 is 10.3 Å². The fraction of sp³-hybridized carbons (Fsp3) is 0.583.